The molecule has 0 saturated carbocycles. The van der Waals surface area contributed by atoms with E-state index in [1.165, 1.54) is 17.7 Å². The molecule has 1 aliphatic heterocycles. The van der Waals surface area contributed by atoms with Gasteiger partial charge in [0.15, 0.2) is 0 Å². The number of halogens is 1. The number of hydrogen-bond donors (Lipinski definition) is 1. The van der Waals surface area contributed by atoms with Gasteiger partial charge in [0.1, 0.15) is 11.6 Å². The third kappa shape index (κ3) is 4.88. The van der Waals surface area contributed by atoms with Gasteiger partial charge in [-0.15, -0.1) is 0 Å². The van der Waals surface area contributed by atoms with Crippen LogP contribution in [0.5, 0.6) is 0 Å². The van der Waals surface area contributed by atoms with Crippen LogP contribution in [0.3, 0.4) is 0 Å². The number of amides is 2. The topological polar surface area (TPSA) is 53.4 Å². The van der Waals surface area contributed by atoms with Gasteiger partial charge in [0, 0.05) is 38.4 Å². The second-order valence-corrected chi connectivity index (χ2v) is 8.29. The van der Waals surface area contributed by atoms with Crippen molar-refractivity contribution in [2.75, 3.05) is 31.5 Å². The van der Waals surface area contributed by atoms with Crippen molar-refractivity contribution in [1.29, 1.82) is 0 Å². The summed E-state index contributed by atoms with van der Waals surface area (Å²) in [5.41, 5.74) is 3.97. The Morgan fingerprint density at radius 2 is 1.55 bits per heavy atom. The molecule has 33 heavy (non-hydrogen) atoms. The Morgan fingerprint density at radius 1 is 0.848 bits per heavy atom. The average molecular weight is 444 g/mol. The molecule has 2 heterocycles. The largest absolute Gasteiger partial charge is 0.322 e. The number of benzene rings is 3. The number of carbonyl (C=O) groups excluding carboxylic acids is 1. The molecule has 1 aliphatic rings. The molecule has 0 atom stereocenters. The van der Waals surface area contributed by atoms with Crippen LogP contribution in [-0.4, -0.2) is 51.6 Å². The summed E-state index contributed by atoms with van der Waals surface area (Å²) in [5, 5.41) is 2.84. The number of carbonyl (C=O) groups is 1. The third-order valence-corrected chi connectivity index (χ3v) is 6.04. The van der Waals surface area contributed by atoms with Gasteiger partial charge < -0.3 is 14.8 Å². The zero-order chi connectivity index (χ0) is 22.6. The number of hydrogen-bond acceptors (Lipinski definition) is 3. The van der Waals surface area contributed by atoms with Crippen molar-refractivity contribution in [2.24, 2.45) is 0 Å². The highest BCUT2D eigenvalue weighted by molar-refractivity contribution is 5.89. The lowest BCUT2D eigenvalue weighted by atomic mass is 10.2. The summed E-state index contributed by atoms with van der Waals surface area (Å²) in [6, 6.07) is 24.3. The highest BCUT2D eigenvalue weighted by Crippen LogP contribution is 2.20. The lowest BCUT2D eigenvalue weighted by molar-refractivity contribution is 0.140. The highest BCUT2D eigenvalue weighted by atomic mass is 19.1. The van der Waals surface area contributed by atoms with Gasteiger partial charge in [-0.2, -0.15) is 0 Å². The average Bonchev–Trinajstić information content (AvgIpc) is 3.18. The molecular weight excluding hydrogens is 417 g/mol. The first kappa shape index (κ1) is 21.2. The number of anilines is 1. The summed E-state index contributed by atoms with van der Waals surface area (Å²) < 4.78 is 15.4. The van der Waals surface area contributed by atoms with E-state index in [1.807, 2.05) is 18.2 Å². The predicted molar refractivity (Wildman–Crippen MR) is 128 cm³/mol. The molecule has 0 spiro atoms. The van der Waals surface area contributed by atoms with Crippen molar-refractivity contribution in [3.8, 4) is 0 Å². The van der Waals surface area contributed by atoms with Crippen molar-refractivity contribution in [3.05, 3.63) is 96.1 Å². The number of para-hydroxylation sites is 2. The highest BCUT2D eigenvalue weighted by Gasteiger charge is 2.23. The van der Waals surface area contributed by atoms with Crippen LogP contribution >= 0.6 is 0 Å². The number of rotatable bonds is 5. The predicted octanol–water partition coefficient (Wildman–Crippen LogP) is 4.57. The Bertz CT molecular complexity index is 1230. The van der Waals surface area contributed by atoms with Gasteiger partial charge in [-0.1, -0.05) is 42.5 Å². The number of fused-ring (bicyclic) bond motifs is 1. The van der Waals surface area contributed by atoms with Gasteiger partial charge in [-0.3, -0.25) is 4.90 Å². The van der Waals surface area contributed by atoms with Gasteiger partial charge in [-0.05, 0) is 42.0 Å². The first-order chi connectivity index (χ1) is 16.2. The Kier molecular flexibility index (Phi) is 6.04. The van der Waals surface area contributed by atoms with E-state index >= 15 is 0 Å². The summed E-state index contributed by atoms with van der Waals surface area (Å²) in [6.45, 7) is 4.31. The van der Waals surface area contributed by atoms with Crippen LogP contribution in [0.15, 0.2) is 78.9 Å². The molecule has 7 heteroatoms. The summed E-state index contributed by atoms with van der Waals surface area (Å²) in [4.78, 5) is 21.6. The van der Waals surface area contributed by atoms with Crippen LogP contribution in [0.2, 0.25) is 0 Å². The minimum atomic E-state index is -0.320. The fourth-order valence-electron chi connectivity index (χ4n) is 4.23. The monoisotopic (exact) mass is 443 g/mol. The van der Waals surface area contributed by atoms with Crippen molar-refractivity contribution in [2.45, 2.75) is 13.1 Å². The molecule has 1 saturated heterocycles. The van der Waals surface area contributed by atoms with Gasteiger partial charge in [-0.25, -0.2) is 14.2 Å². The van der Waals surface area contributed by atoms with Gasteiger partial charge in [0.2, 0.25) is 0 Å². The molecule has 2 amide bonds. The summed E-state index contributed by atoms with van der Waals surface area (Å²) in [7, 11) is 0. The Hall–Kier alpha value is -3.71. The van der Waals surface area contributed by atoms with Crippen molar-refractivity contribution < 1.29 is 9.18 Å². The smallest absolute Gasteiger partial charge is 0.321 e. The first-order valence-corrected chi connectivity index (χ1v) is 11.2. The Morgan fingerprint density at radius 3 is 2.30 bits per heavy atom. The lowest BCUT2D eigenvalue weighted by Gasteiger charge is -2.34. The molecule has 0 bridgehead atoms. The lowest BCUT2D eigenvalue weighted by Crippen LogP contribution is -2.49. The molecule has 1 N–H and O–H groups in total. The molecule has 1 fully saturated rings. The van der Waals surface area contributed by atoms with Gasteiger partial charge in [0.25, 0.3) is 0 Å². The first-order valence-electron chi connectivity index (χ1n) is 11.2. The maximum absolute atomic E-state index is 13.1. The van der Waals surface area contributed by atoms with Crippen molar-refractivity contribution in [3.63, 3.8) is 0 Å². The van der Waals surface area contributed by atoms with Crippen molar-refractivity contribution in [1.82, 2.24) is 19.4 Å². The third-order valence-electron chi connectivity index (χ3n) is 6.04. The van der Waals surface area contributed by atoms with E-state index in [0.29, 0.717) is 18.8 Å². The van der Waals surface area contributed by atoms with E-state index < -0.39 is 0 Å². The standard InChI is InChI=1S/C26H26FN5O/c27-21-10-12-22(13-11-21)28-26(33)31-16-14-30(15-17-31)19-25-29-23-8-4-5-9-24(23)32(25)18-20-6-2-1-3-7-20/h1-13H,14-19H2,(H,28,33). The van der Waals surface area contributed by atoms with Gasteiger partial charge in [0.05, 0.1) is 17.6 Å². The zero-order valence-corrected chi connectivity index (χ0v) is 18.3. The van der Waals surface area contributed by atoms with Crippen molar-refractivity contribution >= 4 is 22.8 Å². The maximum atomic E-state index is 13.1. The molecule has 4 aromatic rings. The molecule has 1 aromatic heterocycles. The van der Waals surface area contributed by atoms with Crippen LogP contribution in [0.1, 0.15) is 11.4 Å². The van der Waals surface area contributed by atoms with E-state index in [1.54, 1.807) is 17.0 Å². The van der Waals surface area contributed by atoms with Crippen LogP contribution < -0.4 is 5.32 Å². The minimum absolute atomic E-state index is 0.155. The second-order valence-electron chi connectivity index (χ2n) is 8.29. The summed E-state index contributed by atoms with van der Waals surface area (Å²) in [5.74, 6) is 0.712. The molecular formula is C26H26FN5O. The fraction of sp³-hybridized carbons (Fsp3) is 0.231. The van der Waals surface area contributed by atoms with E-state index in [-0.39, 0.29) is 11.8 Å². The fourth-order valence-corrected chi connectivity index (χ4v) is 4.23. The summed E-state index contributed by atoms with van der Waals surface area (Å²) in [6.07, 6.45) is 0. The Labute approximate surface area is 192 Å². The molecule has 168 valence electrons. The number of piperazine rings is 1. The molecule has 5 rings (SSSR count). The van der Waals surface area contributed by atoms with E-state index in [0.717, 1.165) is 43.0 Å². The van der Waals surface area contributed by atoms with E-state index in [9.17, 15) is 9.18 Å². The van der Waals surface area contributed by atoms with Crippen LogP contribution in [0, 0.1) is 5.82 Å². The molecule has 0 unspecified atom stereocenters. The van der Waals surface area contributed by atoms with E-state index in [4.69, 9.17) is 4.98 Å². The summed E-state index contributed by atoms with van der Waals surface area (Å²) >= 11 is 0. The van der Waals surface area contributed by atoms with Crippen LogP contribution in [0.25, 0.3) is 11.0 Å². The Balaban J connectivity index is 1.25. The number of nitrogens with one attached hydrogen (secondary N) is 1. The number of aromatic nitrogens is 2. The normalized spacial score (nSPS) is 14.5. The molecule has 6 nitrogen and oxygen atoms in total. The maximum Gasteiger partial charge on any atom is 0.321 e. The molecule has 0 aliphatic carbocycles. The van der Waals surface area contributed by atoms with Crippen LogP contribution in [0.4, 0.5) is 14.9 Å². The van der Waals surface area contributed by atoms with Crippen LogP contribution in [-0.2, 0) is 13.1 Å². The van der Waals surface area contributed by atoms with E-state index in [2.05, 4.69) is 51.2 Å². The molecule has 3 aromatic carbocycles. The quantitative estimate of drug-likeness (QED) is 0.492. The number of imidazole rings is 1. The number of nitrogens with zero attached hydrogens (tertiary/aromatic N) is 4. The zero-order valence-electron chi connectivity index (χ0n) is 18.3. The number of urea groups is 1. The van der Waals surface area contributed by atoms with Gasteiger partial charge >= 0.3 is 6.03 Å². The molecule has 0 radical (unpaired) electrons. The minimum Gasteiger partial charge on any atom is -0.322 e. The second kappa shape index (κ2) is 9.42. The SMILES string of the molecule is O=C(Nc1ccc(F)cc1)N1CCN(Cc2nc3ccccc3n2Cc2ccccc2)CC1.